The van der Waals surface area contributed by atoms with Crippen LogP contribution in [0.4, 0.5) is 0 Å². The second-order valence-electron chi connectivity index (χ2n) is 4.52. The number of rotatable bonds is 5. The van der Waals surface area contributed by atoms with Crippen LogP contribution in [0.2, 0.25) is 0 Å². The number of nitrogens with two attached hydrogens (primary N) is 1. The van der Waals surface area contributed by atoms with Crippen molar-refractivity contribution in [3.05, 3.63) is 11.1 Å². The van der Waals surface area contributed by atoms with E-state index in [1.54, 1.807) is 0 Å². The zero-order valence-electron chi connectivity index (χ0n) is 9.88. The highest BCUT2D eigenvalue weighted by atomic mass is 79.9. The number of carbonyl (C=O) groups excluding carboxylic acids is 2. The molecule has 1 atom stereocenters. The van der Waals surface area contributed by atoms with Gasteiger partial charge in [-0.2, -0.15) is 0 Å². The van der Waals surface area contributed by atoms with Crippen LogP contribution in [-0.4, -0.2) is 17.9 Å². The van der Waals surface area contributed by atoms with Gasteiger partial charge >= 0.3 is 0 Å². The van der Waals surface area contributed by atoms with Crippen molar-refractivity contribution in [2.24, 2.45) is 11.7 Å². The van der Waals surface area contributed by atoms with Crippen molar-refractivity contribution in [1.29, 1.82) is 0 Å². The minimum atomic E-state index is -0.656. The van der Waals surface area contributed by atoms with Gasteiger partial charge in [-0.25, -0.2) is 0 Å². The Bertz CT molecular complexity index is 312. The first-order chi connectivity index (χ1) is 8.00. The lowest BCUT2D eigenvalue weighted by Crippen LogP contribution is -2.46. The van der Waals surface area contributed by atoms with Crippen LogP contribution in [0, 0.1) is 5.92 Å². The van der Waals surface area contributed by atoms with E-state index >= 15 is 0 Å². The molecular formula is C12H19BrN2O2. The summed E-state index contributed by atoms with van der Waals surface area (Å²) in [6.07, 6.45) is 5.53. The third kappa shape index (κ3) is 4.89. The van der Waals surface area contributed by atoms with Gasteiger partial charge < -0.3 is 11.1 Å². The minimum Gasteiger partial charge on any atom is -0.368 e. The number of primary amides is 1. The number of hydrogen-bond acceptors (Lipinski definition) is 2. The highest BCUT2D eigenvalue weighted by Crippen LogP contribution is 2.24. The maximum atomic E-state index is 11.9. The molecule has 0 bridgehead atoms. The molecule has 0 aromatic carbocycles. The normalized spacial score (nSPS) is 18.4. The van der Waals surface area contributed by atoms with Crippen molar-refractivity contribution in [1.82, 2.24) is 5.32 Å². The van der Waals surface area contributed by atoms with Crippen LogP contribution in [0.3, 0.4) is 0 Å². The van der Waals surface area contributed by atoms with E-state index in [9.17, 15) is 9.59 Å². The predicted molar refractivity (Wildman–Crippen MR) is 70.4 cm³/mol. The van der Waals surface area contributed by atoms with Gasteiger partial charge in [-0.1, -0.05) is 41.8 Å². The van der Waals surface area contributed by atoms with Crippen LogP contribution < -0.4 is 11.1 Å². The summed E-state index contributed by atoms with van der Waals surface area (Å²) in [6.45, 7) is 3.65. The molecule has 5 heteroatoms. The molecule has 17 heavy (non-hydrogen) atoms. The molecule has 0 heterocycles. The molecule has 0 spiro atoms. The van der Waals surface area contributed by atoms with Crippen molar-refractivity contribution in [2.75, 3.05) is 0 Å². The highest BCUT2D eigenvalue weighted by molar-refractivity contribution is 9.11. The summed E-state index contributed by atoms with van der Waals surface area (Å²) < 4.78 is 0.658. The monoisotopic (exact) mass is 302 g/mol. The SMILES string of the molecule is C=C(Br)C[C@@H](NC(=O)C1CCCCC1)C(N)=O. The summed E-state index contributed by atoms with van der Waals surface area (Å²) >= 11 is 3.18. The Morgan fingerprint density at radius 3 is 2.41 bits per heavy atom. The minimum absolute atomic E-state index is 0.0363. The van der Waals surface area contributed by atoms with Gasteiger partial charge in [0.25, 0.3) is 0 Å². The van der Waals surface area contributed by atoms with E-state index in [1.165, 1.54) is 6.42 Å². The summed E-state index contributed by atoms with van der Waals surface area (Å²) in [6, 6.07) is -0.656. The Labute approximate surface area is 110 Å². The van der Waals surface area contributed by atoms with Crippen LogP contribution in [0.15, 0.2) is 11.1 Å². The predicted octanol–water partition coefficient (Wildman–Crippen LogP) is 1.84. The molecule has 1 saturated carbocycles. The van der Waals surface area contributed by atoms with E-state index in [0.29, 0.717) is 10.9 Å². The summed E-state index contributed by atoms with van der Waals surface area (Å²) in [7, 11) is 0. The van der Waals surface area contributed by atoms with Gasteiger partial charge in [0.15, 0.2) is 0 Å². The summed E-state index contributed by atoms with van der Waals surface area (Å²) in [4.78, 5) is 23.1. The average molecular weight is 303 g/mol. The molecule has 0 unspecified atom stereocenters. The molecule has 1 fully saturated rings. The summed E-state index contributed by atoms with van der Waals surface area (Å²) in [5.41, 5.74) is 5.25. The summed E-state index contributed by atoms with van der Waals surface area (Å²) in [5, 5.41) is 2.71. The Hall–Kier alpha value is -0.840. The Morgan fingerprint density at radius 1 is 1.35 bits per heavy atom. The van der Waals surface area contributed by atoms with Crippen LogP contribution >= 0.6 is 15.9 Å². The van der Waals surface area contributed by atoms with Gasteiger partial charge in [-0.15, -0.1) is 0 Å². The number of hydrogen-bond donors (Lipinski definition) is 2. The first-order valence-corrected chi connectivity index (χ1v) is 6.73. The Kier molecular flexibility index (Phi) is 5.68. The fraction of sp³-hybridized carbons (Fsp3) is 0.667. The molecule has 1 rings (SSSR count). The van der Waals surface area contributed by atoms with Crippen LogP contribution in [-0.2, 0) is 9.59 Å². The Morgan fingerprint density at radius 2 is 1.94 bits per heavy atom. The number of carbonyl (C=O) groups is 2. The van der Waals surface area contributed by atoms with Crippen molar-refractivity contribution < 1.29 is 9.59 Å². The molecule has 2 amide bonds. The fourth-order valence-electron chi connectivity index (χ4n) is 2.10. The molecule has 0 aromatic rings. The first-order valence-electron chi connectivity index (χ1n) is 5.93. The maximum absolute atomic E-state index is 11.9. The smallest absolute Gasteiger partial charge is 0.240 e. The molecule has 0 aromatic heterocycles. The van der Waals surface area contributed by atoms with Gasteiger partial charge in [0.2, 0.25) is 11.8 Å². The molecule has 0 radical (unpaired) electrons. The van der Waals surface area contributed by atoms with Crippen LogP contribution in [0.1, 0.15) is 38.5 Å². The summed E-state index contributed by atoms with van der Waals surface area (Å²) in [5.74, 6) is -0.536. The third-order valence-corrected chi connectivity index (χ3v) is 3.39. The standard InChI is InChI=1S/C12H19BrN2O2/c1-8(13)7-10(11(14)16)15-12(17)9-5-3-2-4-6-9/h9-10H,1-7H2,(H2,14,16)(H,15,17)/t10-/m1/s1. The molecule has 1 aliphatic rings. The van der Waals surface area contributed by atoms with Gasteiger partial charge in [0.05, 0.1) is 0 Å². The average Bonchev–Trinajstić information content (AvgIpc) is 2.28. The van der Waals surface area contributed by atoms with E-state index in [1.807, 2.05) is 0 Å². The quantitative estimate of drug-likeness (QED) is 0.813. The molecule has 1 aliphatic carbocycles. The highest BCUT2D eigenvalue weighted by Gasteiger charge is 2.25. The Balaban J connectivity index is 2.50. The molecule has 4 nitrogen and oxygen atoms in total. The zero-order chi connectivity index (χ0) is 12.8. The van der Waals surface area contributed by atoms with E-state index in [4.69, 9.17) is 5.73 Å². The second-order valence-corrected chi connectivity index (χ2v) is 5.64. The number of amides is 2. The van der Waals surface area contributed by atoms with Gasteiger partial charge in [0.1, 0.15) is 6.04 Å². The van der Waals surface area contributed by atoms with Crippen LogP contribution in [0.25, 0.3) is 0 Å². The molecular weight excluding hydrogens is 284 g/mol. The topological polar surface area (TPSA) is 72.2 Å². The first kappa shape index (κ1) is 14.2. The molecule has 96 valence electrons. The van der Waals surface area contributed by atoms with Crippen molar-refractivity contribution >= 4 is 27.7 Å². The third-order valence-electron chi connectivity index (χ3n) is 3.06. The molecule has 3 N–H and O–H groups in total. The lowest BCUT2D eigenvalue weighted by Gasteiger charge is -2.23. The second kappa shape index (κ2) is 6.79. The fourth-order valence-corrected chi connectivity index (χ4v) is 2.42. The zero-order valence-corrected chi connectivity index (χ0v) is 11.5. The van der Waals surface area contributed by atoms with Gasteiger partial charge in [0, 0.05) is 12.3 Å². The molecule has 0 saturated heterocycles. The van der Waals surface area contributed by atoms with E-state index in [2.05, 4.69) is 27.8 Å². The van der Waals surface area contributed by atoms with Crippen LogP contribution in [0.5, 0.6) is 0 Å². The van der Waals surface area contributed by atoms with Gasteiger partial charge in [-0.05, 0) is 17.3 Å². The van der Waals surface area contributed by atoms with Crippen molar-refractivity contribution in [2.45, 2.75) is 44.6 Å². The lowest BCUT2D eigenvalue weighted by atomic mass is 9.88. The van der Waals surface area contributed by atoms with E-state index in [-0.39, 0.29) is 11.8 Å². The lowest BCUT2D eigenvalue weighted by molar-refractivity contribution is -0.130. The van der Waals surface area contributed by atoms with Gasteiger partial charge in [-0.3, -0.25) is 9.59 Å². The maximum Gasteiger partial charge on any atom is 0.240 e. The number of nitrogens with one attached hydrogen (secondary N) is 1. The number of halogens is 1. The largest absolute Gasteiger partial charge is 0.368 e. The van der Waals surface area contributed by atoms with E-state index in [0.717, 1.165) is 25.7 Å². The van der Waals surface area contributed by atoms with E-state index < -0.39 is 11.9 Å². The van der Waals surface area contributed by atoms with Crippen molar-refractivity contribution in [3.8, 4) is 0 Å². The van der Waals surface area contributed by atoms with Crippen molar-refractivity contribution in [3.63, 3.8) is 0 Å². The molecule has 0 aliphatic heterocycles.